The minimum atomic E-state index is -0.842. The van der Waals surface area contributed by atoms with Crippen LogP contribution in [0.25, 0.3) is 0 Å². The molecule has 1 aliphatic carbocycles. The lowest BCUT2D eigenvalue weighted by molar-refractivity contribution is -0.0350. The van der Waals surface area contributed by atoms with Crippen molar-refractivity contribution in [2.45, 2.75) is 30.7 Å². The number of carbonyl (C=O) groups excluding carboxylic acids is 1. The minimum Gasteiger partial charge on any atom is -0.487 e. The van der Waals surface area contributed by atoms with E-state index in [0.717, 1.165) is 0 Å². The first-order chi connectivity index (χ1) is 14.1. The molecule has 7 nitrogen and oxygen atoms in total. The number of benzene rings is 1. The SMILES string of the molecule is O=C(N[C@@H]1C[C@@H](Oc2cccc(F)c2)[C@H](O)[C@H]1N1CCOCC1)c1ccccn1. The number of rotatable bonds is 5. The van der Waals surface area contributed by atoms with Crippen LogP contribution in [0.4, 0.5) is 4.39 Å². The third kappa shape index (κ3) is 4.55. The van der Waals surface area contributed by atoms with Crippen LogP contribution in [0, 0.1) is 5.82 Å². The molecule has 1 saturated heterocycles. The summed E-state index contributed by atoms with van der Waals surface area (Å²) < 4.78 is 24.8. The van der Waals surface area contributed by atoms with Gasteiger partial charge in [0.15, 0.2) is 0 Å². The zero-order chi connectivity index (χ0) is 20.2. The average Bonchev–Trinajstić information content (AvgIpc) is 3.04. The molecule has 0 unspecified atom stereocenters. The van der Waals surface area contributed by atoms with Crippen LogP contribution in [0.5, 0.6) is 5.75 Å². The smallest absolute Gasteiger partial charge is 0.270 e. The highest BCUT2D eigenvalue weighted by molar-refractivity contribution is 5.92. The van der Waals surface area contributed by atoms with Gasteiger partial charge in [-0.2, -0.15) is 0 Å². The number of carbonyl (C=O) groups is 1. The maximum absolute atomic E-state index is 13.5. The Morgan fingerprint density at radius 2 is 2.07 bits per heavy atom. The Morgan fingerprint density at radius 3 is 2.79 bits per heavy atom. The molecule has 4 atom stereocenters. The molecular weight excluding hydrogens is 377 g/mol. The standard InChI is InChI=1S/C21H24FN3O4/c22-14-4-3-5-15(12-14)29-18-13-17(24-21(27)16-6-1-2-7-23-16)19(20(18)26)25-8-10-28-11-9-25/h1-7,12,17-20,26H,8-11,13H2,(H,24,27)/t17-,18-,19+,20+/m1/s1. The molecule has 2 aliphatic rings. The summed E-state index contributed by atoms with van der Waals surface area (Å²) in [6, 6.07) is 10.3. The highest BCUT2D eigenvalue weighted by Crippen LogP contribution is 2.30. The van der Waals surface area contributed by atoms with E-state index in [-0.39, 0.29) is 18.0 Å². The van der Waals surface area contributed by atoms with Crippen molar-refractivity contribution in [2.75, 3.05) is 26.3 Å². The zero-order valence-corrected chi connectivity index (χ0v) is 15.9. The highest BCUT2D eigenvalue weighted by atomic mass is 19.1. The van der Waals surface area contributed by atoms with Crippen molar-refractivity contribution in [3.63, 3.8) is 0 Å². The number of aromatic nitrogens is 1. The van der Waals surface area contributed by atoms with E-state index in [1.807, 2.05) is 0 Å². The van der Waals surface area contributed by atoms with E-state index in [9.17, 15) is 14.3 Å². The average molecular weight is 401 g/mol. The van der Waals surface area contributed by atoms with Gasteiger partial charge in [-0.05, 0) is 24.3 Å². The van der Waals surface area contributed by atoms with Crippen LogP contribution in [-0.4, -0.2) is 71.5 Å². The number of pyridine rings is 1. The Kier molecular flexibility index (Phi) is 6.03. The number of halogens is 1. The summed E-state index contributed by atoms with van der Waals surface area (Å²) in [7, 11) is 0. The van der Waals surface area contributed by atoms with Gasteiger partial charge in [-0.1, -0.05) is 12.1 Å². The van der Waals surface area contributed by atoms with Crippen LogP contribution in [0.2, 0.25) is 0 Å². The molecule has 2 fully saturated rings. The minimum absolute atomic E-state index is 0.299. The number of ether oxygens (including phenoxy) is 2. The number of hydrogen-bond donors (Lipinski definition) is 2. The van der Waals surface area contributed by atoms with Gasteiger partial charge in [-0.15, -0.1) is 0 Å². The summed E-state index contributed by atoms with van der Waals surface area (Å²) in [4.78, 5) is 18.9. The summed E-state index contributed by atoms with van der Waals surface area (Å²) in [5.41, 5.74) is 0.317. The topological polar surface area (TPSA) is 83.9 Å². The Balaban J connectivity index is 1.52. The first kappa shape index (κ1) is 19.8. The molecule has 1 aromatic carbocycles. The third-order valence-electron chi connectivity index (χ3n) is 5.39. The Morgan fingerprint density at radius 1 is 1.24 bits per heavy atom. The van der Waals surface area contributed by atoms with Gasteiger partial charge in [0.05, 0.1) is 25.3 Å². The molecule has 29 heavy (non-hydrogen) atoms. The van der Waals surface area contributed by atoms with Crippen molar-refractivity contribution in [3.8, 4) is 5.75 Å². The number of hydrogen-bond acceptors (Lipinski definition) is 6. The van der Waals surface area contributed by atoms with E-state index in [4.69, 9.17) is 9.47 Å². The van der Waals surface area contributed by atoms with Gasteiger partial charge in [0.2, 0.25) is 0 Å². The highest BCUT2D eigenvalue weighted by Gasteiger charge is 2.47. The van der Waals surface area contributed by atoms with Crippen molar-refractivity contribution in [1.29, 1.82) is 0 Å². The van der Waals surface area contributed by atoms with Gasteiger partial charge < -0.3 is 19.9 Å². The van der Waals surface area contributed by atoms with Gasteiger partial charge in [0.1, 0.15) is 29.5 Å². The van der Waals surface area contributed by atoms with Crippen LogP contribution < -0.4 is 10.1 Å². The largest absolute Gasteiger partial charge is 0.487 e. The number of nitrogens with zero attached hydrogens (tertiary/aromatic N) is 2. The van der Waals surface area contributed by atoms with E-state index >= 15 is 0 Å². The summed E-state index contributed by atoms with van der Waals surface area (Å²) in [5.74, 6) is -0.348. The zero-order valence-electron chi connectivity index (χ0n) is 15.9. The van der Waals surface area contributed by atoms with Gasteiger partial charge in [-0.25, -0.2) is 4.39 Å². The normalized spacial score (nSPS) is 27.5. The quantitative estimate of drug-likeness (QED) is 0.784. The molecule has 1 amide bonds. The maximum atomic E-state index is 13.5. The molecule has 1 saturated carbocycles. The lowest BCUT2D eigenvalue weighted by Crippen LogP contribution is -2.56. The fraction of sp³-hybridized carbons (Fsp3) is 0.429. The number of amides is 1. The second-order valence-corrected chi connectivity index (χ2v) is 7.27. The molecule has 0 radical (unpaired) electrons. The summed E-state index contributed by atoms with van der Waals surface area (Å²) in [5, 5.41) is 14.0. The number of aliphatic hydroxyl groups excluding tert-OH is 1. The first-order valence-corrected chi connectivity index (χ1v) is 9.76. The third-order valence-corrected chi connectivity index (χ3v) is 5.39. The predicted octanol–water partition coefficient (Wildman–Crippen LogP) is 1.23. The van der Waals surface area contributed by atoms with Crippen LogP contribution >= 0.6 is 0 Å². The monoisotopic (exact) mass is 401 g/mol. The molecular formula is C21H24FN3O4. The summed E-state index contributed by atoms with van der Waals surface area (Å²) in [6.45, 7) is 2.45. The molecule has 1 aromatic heterocycles. The Hall–Kier alpha value is -2.55. The lowest BCUT2D eigenvalue weighted by atomic mass is 10.1. The van der Waals surface area contributed by atoms with Gasteiger partial charge in [0.25, 0.3) is 5.91 Å². The molecule has 1 aliphatic heterocycles. The van der Waals surface area contributed by atoms with E-state index in [2.05, 4.69) is 15.2 Å². The molecule has 4 rings (SSSR count). The van der Waals surface area contributed by atoms with Crippen LogP contribution in [0.3, 0.4) is 0 Å². The maximum Gasteiger partial charge on any atom is 0.270 e. The molecule has 2 aromatic rings. The van der Waals surface area contributed by atoms with E-state index < -0.39 is 18.0 Å². The van der Waals surface area contributed by atoms with E-state index in [1.54, 1.807) is 36.5 Å². The van der Waals surface area contributed by atoms with Crippen molar-refractivity contribution in [3.05, 3.63) is 60.2 Å². The predicted molar refractivity (Wildman–Crippen MR) is 103 cm³/mol. The van der Waals surface area contributed by atoms with Gasteiger partial charge in [-0.3, -0.25) is 14.7 Å². The Bertz CT molecular complexity index is 832. The first-order valence-electron chi connectivity index (χ1n) is 9.76. The van der Waals surface area contributed by atoms with Crippen molar-refractivity contribution in [1.82, 2.24) is 15.2 Å². The Labute approximate surface area is 168 Å². The van der Waals surface area contributed by atoms with Crippen molar-refractivity contribution in [2.24, 2.45) is 0 Å². The van der Waals surface area contributed by atoms with Gasteiger partial charge >= 0.3 is 0 Å². The van der Waals surface area contributed by atoms with E-state index in [0.29, 0.717) is 44.2 Å². The fourth-order valence-corrected chi connectivity index (χ4v) is 4.05. The number of nitrogens with one attached hydrogen (secondary N) is 1. The second-order valence-electron chi connectivity index (χ2n) is 7.27. The summed E-state index contributed by atoms with van der Waals surface area (Å²) in [6.07, 6.45) is 0.551. The number of morpholine rings is 1. The van der Waals surface area contributed by atoms with Crippen molar-refractivity contribution < 1.29 is 23.8 Å². The molecule has 2 heterocycles. The molecule has 8 heteroatoms. The van der Waals surface area contributed by atoms with E-state index in [1.165, 1.54) is 12.1 Å². The van der Waals surface area contributed by atoms with Crippen LogP contribution in [0.15, 0.2) is 48.7 Å². The van der Waals surface area contributed by atoms with Gasteiger partial charge in [0, 0.05) is 31.8 Å². The van der Waals surface area contributed by atoms with Crippen LogP contribution in [0.1, 0.15) is 16.9 Å². The van der Waals surface area contributed by atoms with Crippen LogP contribution in [-0.2, 0) is 4.74 Å². The van der Waals surface area contributed by atoms with Crippen molar-refractivity contribution >= 4 is 5.91 Å². The lowest BCUT2D eigenvalue weighted by Gasteiger charge is -2.37. The second kappa shape index (κ2) is 8.86. The summed E-state index contributed by atoms with van der Waals surface area (Å²) >= 11 is 0. The molecule has 2 N–H and O–H groups in total. The molecule has 154 valence electrons. The number of aliphatic hydroxyl groups is 1. The molecule has 0 spiro atoms. The molecule has 0 bridgehead atoms. The fourth-order valence-electron chi connectivity index (χ4n) is 4.05.